The SMILES string of the molecule is O=C(O)C(F)(F)C(F)(F)C(F)(F)I. The molecule has 2 nitrogen and oxygen atoms in total. The van der Waals surface area contributed by atoms with Crippen LogP contribution in [0, 0.1) is 0 Å². The van der Waals surface area contributed by atoms with Crippen molar-refractivity contribution in [1.29, 1.82) is 0 Å². The second-order valence-electron chi connectivity index (χ2n) is 1.95. The lowest BCUT2D eigenvalue weighted by atomic mass is 10.2. The summed E-state index contributed by atoms with van der Waals surface area (Å²) in [4.78, 5) is 9.55. The third kappa shape index (κ3) is 1.99. The van der Waals surface area contributed by atoms with Crippen LogP contribution in [-0.2, 0) is 4.79 Å². The lowest BCUT2D eigenvalue weighted by molar-refractivity contribution is -0.268. The molecule has 0 aliphatic heterocycles. The summed E-state index contributed by atoms with van der Waals surface area (Å²) in [5.74, 6) is -15.0. The summed E-state index contributed by atoms with van der Waals surface area (Å²) in [5, 5.41) is 7.57. The predicted octanol–water partition coefficient (Wildman–Crippen LogP) is 2.37. The maximum atomic E-state index is 12.1. The van der Waals surface area contributed by atoms with E-state index in [0.29, 0.717) is 0 Å². The number of rotatable bonds is 3. The zero-order valence-electron chi connectivity index (χ0n) is 5.50. The van der Waals surface area contributed by atoms with Crippen LogP contribution in [0.1, 0.15) is 0 Å². The Hall–Kier alpha value is -0.220. The van der Waals surface area contributed by atoms with Gasteiger partial charge in [0.2, 0.25) is 0 Å². The highest BCUT2D eigenvalue weighted by Crippen LogP contribution is 2.49. The van der Waals surface area contributed by atoms with Crippen LogP contribution in [0.4, 0.5) is 26.3 Å². The quantitative estimate of drug-likeness (QED) is 0.492. The van der Waals surface area contributed by atoms with Gasteiger partial charge < -0.3 is 5.11 Å². The van der Waals surface area contributed by atoms with Crippen molar-refractivity contribution in [2.24, 2.45) is 0 Å². The van der Waals surface area contributed by atoms with Gasteiger partial charge in [-0.05, 0) is 0 Å². The Bertz CT molecular complexity index is 221. The zero-order valence-corrected chi connectivity index (χ0v) is 7.66. The lowest BCUT2D eigenvalue weighted by Gasteiger charge is -2.26. The van der Waals surface area contributed by atoms with Crippen molar-refractivity contribution in [3.63, 3.8) is 0 Å². The molecule has 1 N–H and O–H groups in total. The summed E-state index contributed by atoms with van der Waals surface area (Å²) in [6.45, 7) is 0. The first kappa shape index (κ1) is 12.8. The van der Waals surface area contributed by atoms with Gasteiger partial charge in [0.05, 0.1) is 0 Å². The molecule has 0 atom stereocenters. The first-order valence-electron chi connectivity index (χ1n) is 2.50. The maximum Gasteiger partial charge on any atom is 0.411 e. The van der Waals surface area contributed by atoms with E-state index in [0.717, 1.165) is 0 Å². The standard InChI is InChI=1S/C4HF6IO2/c5-2(6,1(12)13)3(7,8)4(9,10)11/h(H,12,13). The van der Waals surface area contributed by atoms with Crippen LogP contribution in [0.3, 0.4) is 0 Å². The Morgan fingerprint density at radius 2 is 1.38 bits per heavy atom. The van der Waals surface area contributed by atoms with E-state index in [1.807, 2.05) is 0 Å². The fourth-order valence-corrected chi connectivity index (χ4v) is 0.651. The lowest BCUT2D eigenvalue weighted by Crippen LogP contribution is -2.55. The molecule has 0 saturated heterocycles. The van der Waals surface area contributed by atoms with Gasteiger partial charge >= 0.3 is 21.7 Å². The molecule has 0 amide bonds. The van der Waals surface area contributed by atoms with Crippen LogP contribution in [0.2, 0.25) is 0 Å². The van der Waals surface area contributed by atoms with Crippen LogP contribution in [0.5, 0.6) is 0 Å². The molecular weight excluding hydrogens is 321 g/mol. The van der Waals surface area contributed by atoms with E-state index in [1.165, 1.54) is 0 Å². The number of carboxylic acids is 1. The number of carboxylic acid groups (broad SMARTS) is 1. The minimum atomic E-state index is -5.92. The number of alkyl halides is 7. The topological polar surface area (TPSA) is 37.3 Å². The highest BCUT2D eigenvalue weighted by atomic mass is 127. The molecule has 0 spiro atoms. The van der Waals surface area contributed by atoms with Crippen molar-refractivity contribution < 1.29 is 36.2 Å². The number of carbonyl (C=O) groups is 1. The van der Waals surface area contributed by atoms with E-state index in [2.05, 4.69) is 0 Å². The van der Waals surface area contributed by atoms with Crippen molar-refractivity contribution in [3.8, 4) is 0 Å². The van der Waals surface area contributed by atoms with Crippen molar-refractivity contribution >= 4 is 28.6 Å². The molecule has 0 saturated carbocycles. The molecular formula is C4HF6IO2. The van der Waals surface area contributed by atoms with E-state index in [9.17, 15) is 31.1 Å². The monoisotopic (exact) mass is 322 g/mol. The molecule has 0 aromatic rings. The summed E-state index contributed by atoms with van der Waals surface area (Å²) in [7, 11) is 0. The van der Waals surface area contributed by atoms with E-state index in [4.69, 9.17) is 5.11 Å². The maximum absolute atomic E-state index is 12.1. The third-order valence-electron chi connectivity index (χ3n) is 1.02. The second-order valence-corrected chi connectivity index (χ2v) is 3.31. The molecule has 0 radical (unpaired) electrons. The smallest absolute Gasteiger partial charge is 0.411 e. The first-order chi connectivity index (χ1) is 5.44. The molecule has 9 heteroatoms. The van der Waals surface area contributed by atoms with Crippen LogP contribution in [0.15, 0.2) is 0 Å². The third-order valence-corrected chi connectivity index (χ3v) is 1.70. The average Bonchev–Trinajstić information content (AvgIpc) is 1.84. The van der Waals surface area contributed by atoms with Gasteiger partial charge in [-0.1, -0.05) is 0 Å². The zero-order chi connectivity index (χ0) is 11.1. The van der Waals surface area contributed by atoms with E-state index in [1.54, 1.807) is 0 Å². The molecule has 0 rings (SSSR count). The van der Waals surface area contributed by atoms with Gasteiger partial charge in [0, 0.05) is 22.6 Å². The van der Waals surface area contributed by atoms with Gasteiger partial charge in [-0.15, -0.1) is 0 Å². The highest BCUT2D eigenvalue weighted by molar-refractivity contribution is 14.1. The summed E-state index contributed by atoms with van der Waals surface area (Å²) in [5.41, 5.74) is 0. The molecule has 0 heterocycles. The fourth-order valence-electron chi connectivity index (χ4n) is 0.312. The summed E-state index contributed by atoms with van der Waals surface area (Å²) in [6.07, 6.45) is 0. The molecule has 0 aromatic heterocycles. The molecule has 13 heavy (non-hydrogen) atoms. The van der Waals surface area contributed by atoms with Gasteiger partial charge in [0.25, 0.3) is 0 Å². The van der Waals surface area contributed by atoms with E-state index < -0.39 is 21.7 Å². The van der Waals surface area contributed by atoms with E-state index in [-0.39, 0.29) is 22.6 Å². The van der Waals surface area contributed by atoms with Crippen LogP contribution >= 0.6 is 22.6 Å². The summed E-state index contributed by atoms with van der Waals surface area (Å²) < 4.78 is 66.7. The van der Waals surface area contributed by atoms with Crippen LogP contribution in [-0.4, -0.2) is 26.9 Å². The van der Waals surface area contributed by atoms with Crippen LogP contribution in [0.25, 0.3) is 0 Å². The number of hydrogen-bond acceptors (Lipinski definition) is 1. The van der Waals surface area contributed by atoms with Crippen molar-refractivity contribution in [2.45, 2.75) is 15.8 Å². The van der Waals surface area contributed by atoms with Crippen molar-refractivity contribution in [2.75, 3.05) is 0 Å². The Morgan fingerprint density at radius 3 is 1.46 bits per heavy atom. The highest BCUT2D eigenvalue weighted by Gasteiger charge is 2.74. The molecule has 0 aliphatic carbocycles. The normalized spacial score (nSPS) is 14.4. The number of aliphatic carboxylic acids is 1. The van der Waals surface area contributed by atoms with Crippen molar-refractivity contribution in [1.82, 2.24) is 0 Å². The second kappa shape index (κ2) is 3.17. The minimum absolute atomic E-state index is 0.249. The predicted molar refractivity (Wildman–Crippen MR) is 36.5 cm³/mol. The number of hydrogen-bond donors (Lipinski definition) is 1. The Labute approximate surface area is 81.0 Å². The Morgan fingerprint density at radius 1 is 1.08 bits per heavy atom. The average molecular weight is 322 g/mol. The van der Waals surface area contributed by atoms with Gasteiger partial charge in [0.1, 0.15) is 0 Å². The van der Waals surface area contributed by atoms with Crippen LogP contribution < -0.4 is 0 Å². The number of halogens is 7. The largest absolute Gasteiger partial charge is 0.477 e. The first-order valence-corrected chi connectivity index (χ1v) is 3.58. The molecule has 0 bridgehead atoms. The molecule has 0 aromatic carbocycles. The fraction of sp³-hybridized carbons (Fsp3) is 0.750. The van der Waals surface area contributed by atoms with E-state index >= 15 is 0 Å². The minimum Gasteiger partial charge on any atom is -0.477 e. The van der Waals surface area contributed by atoms with Crippen molar-refractivity contribution in [3.05, 3.63) is 0 Å². The summed E-state index contributed by atoms with van der Waals surface area (Å²) >= 11 is -0.249. The molecule has 0 unspecified atom stereocenters. The molecule has 78 valence electrons. The summed E-state index contributed by atoms with van der Waals surface area (Å²) in [6, 6.07) is 0. The Balaban J connectivity index is 5.16. The van der Waals surface area contributed by atoms with Gasteiger partial charge in [-0.25, -0.2) is 4.79 Å². The molecule has 0 fully saturated rings. The van der Waals surface area contributed by atoms with Gasteiger partial charge in [-0.3, -0.25) is 0 Å². The molecule has 0 aliphatic rings. The Kier molecular flexibility index (Phi) is 3.12. The van der Waals surface area contributed by atoms with Gasteiger partial charge in [-0.2, -0.15) is 26.3 Å². The van der Waals surface area contributed by atoms with Gasteiger partial charge in [0.15, 0.2) is 0 Å².